The van der Waals surface area contributed by atoms with Gasteiger partial charge in [0.2, 0.25) is 0 Å². The maximum atomic E-state index is 12.8. The molecule has 1 unspecified atom stereocenters. The van der Waals surface area contributed by atoms with E-state index < -0.39 is 65.5 Å². The number of sulfone groups is 2. The van der Waals surface area contributed by atoms with Crippen LogP contribution >= 0.6 is 0 Å². The Morgan fingerprint density at radius 1 is 0.889 bits per heavy atom. The molecule has 6 nitrogen and oxygen atoms in total. The van der Waals surface area contributed by atoms with Gasteiger partial charge in [-0.1, -0.05) is 6.58 Å². The fraction of sp³-hybridized carbons (Fsp3) is 0.700. The smallest absolute Gasteiger partial charge is 0.449 e. The molecule has 0 radical (unpaired) electrons. The Morgan fingerprint density at radius 3 is 1.44 bits per heavy atom. The van der Waals surface area contributed by atoms with Crippen molar-refractivity contribution in [3.63, 3.8) is 0 Å². The quantitative estimate of drug-likeness (QED) is 0.344. The minimum atomic E-state index is -7.31. The van der Waals surface area contributed by atoms with Crippen LogP contribution in [0.4, 0.5) is 39.5 Å². The van der Waals surface area contributed by atoms with Crippen molar-refractivity contribution in [2.24, 2.45) is 0 Å². The lowest BCUT2D eigenvalue weighted by atomic mass is 10.2. The highest BCUT2D eigenvalue weighted by molar-refractivity contribution is 8.09. The van der Waals surface area contributed by atoms with Crippen molar-refractivity contribution in [3.05, 3.63) is 12.2 Å². The van der Waals surface area contributed by atoms with E-state index in [0.717, 1.165) is 6.92 Å². The molecule has 0 aliphatic carbocycles. The Hall–Kier alpha value is -1.52. The van der Waals surface area contributed by atoms with Crippen molar-refractivity contribution < 1.29 is 65.9 Å². The van der Waals surface area contributed by atoms with Crippen LogP contribution in [0, 0.1) is 0 Å². The highest BCUT2D eigenvalue weighted by atomic mass is 32.3. The van der Waals surface area contributed by atoms with E-state index in [2.05, 4.69) is 11.3 Å². The molecule has 0 saturated heterocycles. The third-order valence-corrected chi connectivity index (χ3v) is 7.29. The van der Waals surface area contributed by atoms with Gasteiger partial charge in [0.25, 0.3) is 19.7 Å². The number of hydrogen-bond donors (Lipinski definition) is 0. The Labute approximate surface area is 145 Å². The SMILES string of the molecule is C=C(C)C(=O)OC(CC(S(=O)(=O)C(F)(F)F)S(=O)(=O)C(F)(F)F)C(F)(F)F. The zero-order valence-electron chi connectivity index (χ0n) is 12.7. The lowest BCUT2D eigenvalue weighted by Gasteiger charge is -2.26. The molecule has 0 aliphatic heterocycles. The number of rotatable bonds is 6. The van der Waals surface area contributed by atoms with E-state index in [1.807, 2.05) is 0 Å². The van der Waals surface area contributed by atoms with E-state index in [1.165, 1.54) is 0 Å². The summed E-state index contributed by atoms with van der Waals surface area (Å²) < 4.78 is 157. The number of alkyl halides is 9. The summed E-state index contributed by atoms with van der Waals surface area (Å²) in [7, 11) is -14.6. The van der Waals surface area contributed by atoms with Gasteiger partial charge in [0.15, 0.2) is 10.7 Å². The van der Waals surface area contributed by atoms with E-state index >= 15 is 0 Å². The summed E-state index contributed by atoms with van der Waals surface area (Å²) >= 11 is 0. The van der Waals surface area contributed by atoms with Gasteiger partial charge < -0.3 is 4.74 Å². The molecule has 0 aromatic heterocycles. The minimum Gasteiger partial charge on any atom is -0.449 e. The molecule has 17 heteroatoms. The molecule has 27 heavy (non-hydrogen) atoms. The van der Waals surface area contributed by atoms with Crippen LogP contribution in [0.1, 0.15) is 13.3 Å². The van der Waals surface area contributed by atoms with E-state index in [1.54, 1.807) is 0 Å². The lowest BCUT2D eigenvalue weighted by Crippen LogP contribution is -2.49. The zero-order valence-corrected chi connectivity index (χ0v) is 14.4. The fourth-order valence-electron chi connectivity index (χ4n) is 1.37. The molecule has 0 aromatic rings. The first-order chi connectivity index (χ1) is 11.6. The van der Waals surface area contributed by atoms with E-state index in [4.69, 9.17) is 0 Å². The van der Waals surface area contributed by atoms with Gasteiger partial charge in [-0.2, -0.15) is 39.5 Å². The van der Waals surface area contributed by atoms with Crippen molar-refractivity contribution in [1.82, 2.24) is 0 Å². The second kappa shape index (κ2) is 7.48. The topological polar surface area (TPSA) is 94.6 Å². The fourth-order valence-corrected chi connectivity index (χ4v) is 4.81. The monoisotopic (exact) mass is 460 g/mol. The lowest BCUT2D eigenvalue weighted by molar-refractivity contribution is -0.219. The molecule has 0 N–H and O–H groups in total. The zero-order chi connectivity index (χ0) is 22.2. The summed E-state index contributed by atoms with van der Waals surface area (Å²) in [6.45, 7) is 3.56. The summed E-state index contributed by atoms with van der Waals surface area (Å²) in [5.74, 6) is -1.95. The average molecular weight is 460 g/mol. The third kappa shape index (κ3) is 5.73. The molecule has 0 amide bonds. The average Bonchev–Trinajstić information content (AvgIpc) is 2.38. The van der Waals surface area contributed by atoms with Gasteiger partial charge in [-0.25, -0.2) is 21.6 Å². The van der Waals surface area contributed by atoms with Gasteiger partial charge in [-0.3, -0.25) is 0 Å². The molecule has 160 valence electrons. The molecule has 0 aliphatic rings. The number of ether oxygens (including phenoxy) is 1. The second-order valence-electron chi connectivity index (χ2n) is 4.86. The molecule has 1 atom stereocenters. The number of esters is 1. The van der Waals surface area contributed by atoms with Crippen molar-refractivity contribution in [3.8, 4) is 0 Å². The van der Waals surface area contributed by atoms with Gasteiger partial charge >= 0.3 is 23.2 Å². The number of carbonyl (C=O) groups is 1. The van der Waals surface area contributed by atoms with Gasteiger partial charge in [0.1, 0.15) is 0 Å². The first-order valence-electron chi connectivity index (χ1n) is 6.10. The van der Waals surface area contributed by atoms with Crippen molar-refractivity contribution >= 4 is 25.6 Å². The Balaban J connectivity index is 6.48. The minimum absolute atomic E-state index is 0.756. The molecule has 0 aromatic carbocycles. The first-order valence-corrected chi connectivity index (χ1v) is 9.19. The van der Waals surface area contributed by atoms with Crippen molar-refractivity contribution in [2.45, 2.75) is 41.2 Å². The van der Waals surface area contributed by atoms with Crippen LogP contribution in [-0.4, -0.2) is 50.7 Å². The summed E-state index contributed by atoms with van der Waals surface area (Å²) in [5, 5.41) is 0. The second-order valence-corrected chi connectivity index (χ2v) is 9.40. The predicted molar refractivity (Wildman–Crippen MR) is 69.1 cm³/mol. The van der Waals surface area contributed by atoms with Crippen LogP contribution < -0.4 is 0 Å². The predicted octanol–water partition coefficient (Wildman–Crippen LogP) is 2.62. The van der Waals surface area contributed by atoms with E-state index in [9.17, 15) is 61.1 Å². The van der Waals surface area contributed by atoms with Crippen LogP contribution in [0.5, 0.6) is 0 Å². The van der Waals surface area contributed by atoms with Gasteiger partial charge in [0.05, 0.1) is 0 Å². The van der Waals surface area contributed by atoms with Crippen molar-refractivity contribution in [1.29, 1.82) is 0 Å². The highest BCUT2D eigenvalue weighted by Gasteiger charge is 2.64. The molecule has 0 fully saturated rings. The Morgan fingerprint density at radius 2 is 1.22 bits per heavy atom. The first kappa shape index (κ1) is 25.5. The van der Waals surface area contributed by atoms with E-state index in [-0.39, 0.29) is 0 Å². The standard InChI is InChI=1S/C10H9F9O6S2/c1-4(2)7(20)25-5(8(11,12)13)3-6(26(21,22)9(14,15)16)27(23,24)10(17,18)19/h5-6H,1,3H2,2H3. The Kier molecular flexibility index (Phi) is 7.06. The molecule has 0 bridgehead atoms. The van der Waals surface area contributed by atoms with Crippen molar-refractivity contribution in [2.75, 3.05) is 0 Å². The molecule has 0 rings (SSSR count). The van der Waals surface area contributed by atoms with E-state index in [0.29, 0.717) is 0 Å². The van der Waals surface area contributed by atoms with Crippen LogP contribution in [0.2, 0.25) is 0 Å². The number of carbonyl (C=O) groups excluding carboxylic acids is 1. The highest BCUT2D eigenvalue weighted by Crippen LogP contribution is 2.40. The van der Waals surface area contributed by atoms with Crippen LogP contribution in [0.25, 0.3) is 0 Å². The summed E-state index contributed by atoms with van der Waals surface area (Å²) in [4.78, 5) is 11.1. The van der Waals surface area contributed by atoms with Crippen LogP contribution in [-0.2, 0) is 29.2 Å². The number of hydrogen-bond acceptors (Lipinski definition) is 6. The molecular formula is C10H9F9O6S2. The van der Waals surface area contributed by atoms with Gasteiger partial charge in [0, 0.05) is 12.0 Å². The molecular weight excluding hydrogens is 451 g/mol. The summed E-state index contributed by atoms with van der Waals surface area (Å²) in [5.41, 5.74) is -14.1. The third-order valence-electron chi connectivity index (χ3n) is 2.71. The largest absolute Gasteiger partial charge is 0.498 e. The summed E-state index contributed by atoms with van der Waals surface area (Å²) in [6.07, 6.45) is -12.7. The molecule has 0 heterocycles. The normalized spacial score (nSPS) is 15.5. The number of halogens is 9. The molecule has 0 spiro atoms. The maximum Gasteiger partial charge on any atom is 0.498 e. The molecule has 0 saturated carbocycles. The van der Waals surface area contributed by atoms with Crippen LogP contribution in [0.3, 0.4) is 0 Å². The summed E-state index contributed by atoms with van der Waals surface area (Å²) in [6, 6.07) is 0. The Bertz CT molecular complexity index is 744. The maximum absolute atomic E-state index is 12.8. The van der Waals surface area contributed by atoms with Gasteiger partial charge in [-0.05, 0) is 6.92 Å². The van der Waals surface area contributed by atoms with Gasteiger partial charge in [-0.15, -0.1) is 0 Å². The van der Waals surface area contributed by atoms with Crippen LogP contribution in [0.15, 0.2) is 12.2 Å².